The van der Waals surface area contributed by atoms with Crippen LogP contribution >= 0.6 is 11.3 Å². The van der Waals surface area contributed by atoms with E-state index in [9.17, 15) is 9.59 Å². The Hall–Kier alpha value is -1.36. The third-order valence-electron chi connectivity index (χ3n) is 4.09. The maximum absolute atomic E-state index is 12.7. The van der Waals surface area contributed by atoms with Gasteiger partial charge in [-0.25, -0.2) is 0 Å². The van der Waals surface area contributed by atoms with Gasteiger partial charge in [0.25, 0.3) is 0 Å². The quantitative estimate of drug-likeness (QED) is 0.856. The summed E-state index contributed by atoms with van der Waals surface area (Å²) < 4.78 is 0. The number of hydrogen-bond acceptors (Lipinski definition) is 3. The summed E-state index contributed by atoms with van der Waals surface area (Å²) in [6.07, 6.45) is 1.12. The number of nitrogens with zero attached hydrogens (tertiary/aromatic N) is 2. The molecule has 0 N–H and O–H groups in total. The second-order valence-corrected chi connectivity index (χ2v) is 6.10. The summed E-state index contributed by atoms with van der Waals surface area (Å²) in [6, 6.07) is 3.89. The van der Waals surface area contributed by atoms with Crippen LogP contribution in [0.25, 0.3) is 0 Å². The maximum Gasteiger partial charge on any atom is 0.228 e. The van der Waals surface area contributed by atoms with Crippen LogP contribution in [-0.2, 0) is 9.59 Å². The molecule has 0 bridgehead atoms. The normalized spacial score (nSPS) is 22.9. The van der Waals surface area contributed by atoms with Gasteiger partial charge in [0.1, 0.15) is 0 Å². The summed E-state index contributed by atoms with van der Waals surface area (Å²) in [7, 11) is 1.81. The summed E-state index contributed by atoms with van der Waals surface area (Å²) in [5.41, 5.74) is 0. The van der Waals surface area contributed by atoms with Crippen molar-refractivity contribution in [3.05, 3.63) is 22.4 Å². The smallest absolute Gasteiger partial charge is 0.228 e. The van der Waals surface area contributed by atoms with E-state index in [1.54, 1.807) is 16.2 Å². The molecule has 2 unspecified atom stereocenters. The SMILES string of the molecule is CCN(CC)C(=O)C1CCC(=O)N(C)C1c1cccs1. The standard InChI is InChI=1S/C15H22N2O2S/c1-4-17(5-2)15(19)11-8-9-13(18)16(3)14(11)12-7-6-10-20-12/h6-7,10-11,14H,4-5,8-9H2,1-3H3. The molecular weight excluding hydrogens is 272 g/mol. The monoisotopic (exact) mass is 294 g/mol. The first kappa shape index (κ1) is 15.0. The fourth-order valence-corrected chi connectivity index (χ4v) is 3.85. The Bertz CT molecular complexity index is 468. The van der Waals surface area contributed by atoms with E-state index >= 15 is 0 Å². The molecule has 1 fully saturated rings. The van der Waals surface area contributed by atoms with Crippen molar-refractivity contribution < 1.29 is 9.59 Å². The maximum atomic E-state index is 12.7. The Balaban J connectivity index is 2.29. The molecule has 0 spiro atoms. The number of carbonyl (C=O) groups is 2. The predicted octanol–water partition coefficient (Wildman–Crippen LogP) is 2.53. The fraction of sp³-hybridized carbons (Fsp3) is 0.600. The predicted molar refractivity (Wildman–Crippen MR) is 80.5 cm³/mol. The van der Waals surface area contributed by atoms with Gasteiger partial charge in [-0.1, -0.05) is 6.07 Å². The lowest BCUT2D eigenvalue weighted by Crippen LogP contribution is -2.47. The van der Waals surface area contributed by atoms with Gasteiger partial charge in [-0.3, -0.25) is 9.59 Å². The minimum absolute atomic E-state index is 0.107. The highest BCUT2D eigenvalue weighted by Crippen LogP contribution is 2.38. The van der Waals surface area contributed by atoms with Gasteiger partial charge in [-0.05, 0) is 31.7 Å². The van der Waals surface area contributed by atoms with Crippen LogP contribution in [0, 0.1) is 5.92 Å². The molecule has 1 saturated heterocycles. The van der Waals surface area contributed by atoms with Gasteiger partial charge in [0.2, 0.25) is 11.8 Å². The van der Waals surface area contributed by atoms with Crippen LogP contribution < -0.4 is 0 Å². The summed E-state index contributed by atoms with van der Waals surface area (Å²) >= 11 is 1.62. The van der Waals surface area contributed by atoms with Crippen molar-refractivity contribution in [1.29, 1.82) is 0 Å². The van der Waals surface area contributed by atoms with Crippen LogP contribution in [0.5, 0.6) is 0 Å². The molecule has 0 saturated carbocycles. The summed E-state index contributed by atoms with van der Waals surface area (Å²) in [4.78, 5) is 29.4. The zero-order valence-electron chi connectivity index (χ0n) is 12.3. The van der Waals surface area contributed by atoms with E-state index in [1.807, 2.05) is 43.3 Å². The van der Waals surface area contributed by atoms with Crippen molar-refractivity contribution in [2.24, 2.45) is 5.92 Å². The molecule has 2 atom stereocenters. The average Bonchev–Trinajstić information content (AvgIpc) is 2.96. The van der Waals surface area contributed by atoms with E-state index in [1.165, 1.54) is 0 Å². The Morgan fingerprint density at radius 2 is 2.15 bits per heavy atom. The molecule has 0 aliphatic carbocycles. The first-order valence-corrected chi connectivity index (χ1v) is 8.05. The lowest BCUT2D eigenvalue weighted by atomic mass is 9.86. The van der Waals surface area contributed by atoms with Gasteiger partial charge < -0.3 is 9.80 Å². The molecule has 20 heavy (non-hydrogen) atoms. The number of rotatable bonds is 4. The first-order valence-electron chi connectivity index (χ1n) is 7.18. The van der Waals surface area contributed by atoms with E-state index in [-0.39, 0.29) is 23.8 Å². The van der Waals surface area contributed by atoms with Gasteiger partial charge in [0, 0.05) is 31.4 Å². The molecule has 5 heteroatoms. The summed E-state index contributed by atoms with van der Waals surface area (Å²) in [5, 5.41) is 2.00. The lowest BCUT2D eigenvalue weighted by Gasteiger charge is -2.39. The van der Waals surface area contributed by atoms with Crippen LogP contribution in [0.4, 0.5) is 0 Å². The van der Waals surface area contributed by atoms with Crippen molar-refractivity contribution in [3.8, 4) is 0 Å². The molecule has 0 aromatic carbocycles. The fourth-order valence-electron chi connectivity index (χ4n) is 2.92. The molecule has 4 nitrogen and oxygen atoms in total. The number of amides is 2. The van der Waals surface area contributed by atoms with E-state index in [0.717, 1.165) is 18.0 Å². The molecule has 2 rings (SSSR count). The van der Waals surface area contributed by atoms with Gasteiger partial charge in [0.05, 0.1) is 12.0 Å². The second kappa shape index (κ2) is 6.39. The first-order chi connectivity index (χ1) is 9.60. The summed E-state index contributed by atoms with van der Waals surface area (Å²) in [6.45, 7) is 5.44. The van der Waals surface area contributed by atoms with Crippen LogP contribution in [0.3, 0.4) is 0 Å². The van der Waals surface area contributed by atoms with E-state index < -0.39 is 0 Å². The van der Waals surface area contributed by atoms with Gasteiger partial charge in [0.15, 0.2) is 0 Å². The van der Waals surface area contributed by atoms with Crippen molar-refractivity contribution in [1.82, 2.24) is 9.80 Å². The number of hydrogen-bond donors (Lipinski definition) is 0. The minimum atomic E-state index is -0.115. The third-order valence-corrected chi connectivity index (χ3v) is 5.03. The molecule has 1 aliphatic rings. The average molecular weight is 294 g/mol. The van der Waals surface area contributed by atoms with Crippen LogP contribution in [0.15, 0.2) is 17.5 Å². The molecular formula is C15H22N2O2S. The van der Waals surface area contributed by atoms with E-state index in [0.29, 0.717) is 12.8 Å². The zero-order chi connectivity index (χ0) is 14.7. The van der Waals surface area contributed by atoms with Crippen molar-refractivity contribution in [2.75, 3.05) is 20.1 Å². The second-order valence-electron chi connectivity index (χ2n) is 5.12. The molecule has 1 aromatic heterocycles. The van der Waals surface area contributed by atoms with Gasteiger partial charge in [-0.15, -0.1) is 11.3 Å². The lowest BCUT2D eigenvalue weighted by molar-refractivity contribution is -0.146. The Morgan fingerprint density at radius 1 is 1.45 bits per heavy atom. The van der Waals surface area contributed by atoms with Crippen molar-refractivity contribution in [2.45, 2.75) is 32.7 Å². The number of likely N-dealkylation sites (tertiary alicyclic amines) is 1. The molecule has 0 radical (unpaired) electrons. The zero-order valence-corrected chi connectivity index (χ0v) is 13.2. The third kappa shape index (κ3) is 2.73. The molecule has 1 aliphatic heterocycles. The minimum Gasteiger partial charge on any atom is -0.343 e. The highest BCUT2D eigenvalue weighted by atomic mass is 32.1. The number of piperidine rings is 1. The Kier molecular flexibility index (Phi) is 4.81. The van der Waals surface area contributed by atoms with Gasteiger partial charge >= 0.3 is 0 Å². The number of carbonyl (C=O) groups excluding carboxylic acids is 2. The van der Waals surface area contributed by atoms with E-state index in [4.69, 9.17) is 0 Å². The van der Waals surface area contributed by atoms with Crippen LogP contribution in [-0.4, -0.2) is 41.8 Å². The van der Waals surface area contributed by atoms with Crippen molar-refractivity contribution in [3.63, 3.8) is 0 Å². The molecule has 2 heterocycles. The highest BCUT2D eigenvalue weighted by Gasteiger charge is 2.40. The van der Waals surface area contributed by atoms with Gasteiger partial charge in [-0.2, -0.15) is 0 Å². The highest BCUT2D eigenvalue weighted by molar-refractivity contribution is 7.10. The molecule has 110 valence electrons. The van der Waals surface area contributed by atoms with E-state index in [2.05, 4.69) is 0 Å². The summed E-state index contributed by atoms with van der Waals surface area (Å²) in [5.74, 6) is 0.191. The van der Waals surface area contributed by atoms with Crippen molar-refractivity contribution >= 4 is 23.2 Å². The van der Waals surface area contributed by atoms with Crippen LogP contribution in [0.2, 0.25) is 0 Å². The number of thiophene rings is 1. The molecule has 2 amide bonds. The Morgan fingerprint density at radius 3 is 2.70 bits per heavy atom. The molecule has 1 aromatic rings. The topological polar surface area (TPSA) is 40.6 Å². The largest absolute Gasteiger partial charge is 0.343 e. The Labute approximate surface area is 124 Å². The van der Waals surface area contributed by atoms with Crippen LogP contribution in [0.1, 0.15) is 37.6 Å².